The molecule has 1 aliphatic rings. The normalized spacial score (nSPS) is 13.5. The minimum absolute atomic E-state index is 0.0386. The summed E-state index contributed by atoms with van der Waals surface area (Å²) in [5.74, 6) is -1.45. The molecule has 9 heteroatoms. The van der Waals surface area contributed by atoms with Crippen molar-refractivity contribution >= 4 is 29.2 Å². The summed E-state index contributed by atoms with van der Waals surface area (Å²) < 4.78 is 14.1. The molecule has 0 aromatic heterocycles. The van der Waals surface area contributed by atoms with Crippen LogP contribution in [0.15, 0.2) is 48.5 Å². The SMILES string of the molecule is CCCN(CC(=O)Nc1ccc(N2CCN(C(=O)NC(C)C)CC2)cc1)C(=O)c1ccccc1F. The molecule has 0 radical (unpaired) electrons. The molecule has 1 heterocycles. The average Bonchev–Trinajstić information content (AvgIpc) is 2.84. The lowest BCUT2D eigenvalue weighted by atomic mass is 10.1. The molecule has 0 unspecified atom stereocenters. The van der Waals surface area contributed by atoms with Gasteiger partial charge in [0.25, 0.3) is 5.91 Å². The number of hydrogen-bond acceptors (Lipinski definition) is 4. The van der Waals surface area contributed by atoms with Crippen molar-refractivity contribution in [3.05, 3.63) is 59.9 Å². The lowest BCUT2D eigenvalue weighted by molar-refractivity contribution is -0.116. The molecular formula is C26H34FN5O3. The summed E-state index contributed by atoms with van der Waals surface area (Å²) >= 11 is 0. The second kappa shape index (κ2) is 12.2. The van der Waals surface area contributed by atoms with Gasteiger partial charge >= 0.3 is 6.03 Å². The van der Waals surface area contributed by atoms with Gasteiger partial charge in [0.2, 0.25) is 5.91 Å². The molecule has 2 N–H and O–H groups in total. The van der Waals surface area contributed by atoms with E-state index in [-0.39, 0.29) is 30.1 Å². The van der Waals surface area contributed by atoms with E-state index >= 15 is 0 Å². The average molecular weight is 484 g/mol. The Morgan fingerprint density at radius 3 is 2.26 bits per heavy atom. The molecule has 2 aromatic carbocycles. The molecule has 0 spiro atoms. The van der Waals surface area contributed by atoms with Crippen LogP contribution < -0.4 is 15.5 Å². The summed E-state index contributed by atoms with van der Waals surface area (Å²) in [5, 5.41) is 5.73. The standard InChI is InChI=1S/C26H34FN5O3/c1-4-13-32(25(34)22-7-5-6-8-23(22)27)18-24(33)29-20-9-11-21(12-10-20)30-14-16-31(17-15-30)26(35)28-19(2)3/h5-12,19H,4,13-18H2,1-3H3,(H,28,35)(H,29,33). The van der Waals surface area contributed by atoms with Crippen LogP contribution >= 0.6 is 0 Å². The molecular weight excluding hydrogens is 449 g/mol. The first-order valence-electron chi connectivity index (χ1n) is 12.0. The predicted molar refractivity (Wildman–Crippen MR) is 135 cm³/mol. The zero-order valence-electron chi connectivity index (χ0n) is 20.6. The van der Waals surface area contributed by atoms with Crippen LogP contribution in [0.3, 0.4) is 0 Å². The van der Waals surface area contributed by atoms with Crippen molar-refractivity contribution in [2.24, 2.45) is 0 Å². The van der Waals surface area contributed by atoms with E-state index in [0.29, 0.717) is 31.7 Å². The molecule has 0 bridgehead atoms. The summed E-state index contributed by atoms with van der Waals surface area (Å²) in [4.78, 5) is 42.9. The Morgan fingerprint density at radius 1 is 1.00 bits per heavy atom. The number of nitrogens with one attached hydrogen (secondary N) is 2. The number of nitrogens with zero attached hydrogens (tertiary/aromatic N) is 3. The Morgan fingerprint density at radius 2 is 1.66 bits per heavy atom. The Kier molecular flexibility index (Phi) is 9.05. The molecule has 188 valence electrons. The number of halogens is 1. The molecule has 1 saturated heterocycles. The van der Waals surface area contributed by atoms with Gasteiger partial charge in [0, 0.05) is 50.1 Å². The van der Waals surface area contributed by atoms with Gasteiger partial charge < -0.3 is 25.3 Å². The largest absolute Gasteiger partial charge is 0.368 e. The fourth-order valence-electron chi connectivity index (χ4n) is 3.96. The molecule has 0 atom stereocenters. The zero-order valence-corrected chi connectivity index (χ0v) is 20.6. The Labute approximate surface area is 206 Å². The summed E-state index contributed by atoms with van der Waals surface area (Å²) in [7, 11) is 0. The highest BCUT2D eigenvalue weighted by Gasteiger charge is 2.23. The van der Waals surface area contributed by atoms with Crippen molar-refractivity contribution in [3.63, 3.8) is 0 Å². The number of anilines is 2. The number of carbonyl (C=O) groups is 3. The lowest BCUT2D eigenvalue weighted by Gasteiger charge is -2.36. The highest BCUT2D eigenvalue weighted by atomic mass is 19.1. The molecule has 1 fully saturated rings. The number of rotatable bonds is 8. The third-order valence-electron chi connectivity index (χ3n) is 5.71. The van der Waals surface area contributed by atoms with Gasteiger partial charge in [0.05, 0.1) is 5.56 Å². The molecule has 1 aliphatic heterocycles. The van der Waals surface area contributed by atoms with Crippen LogP contribution in [0.1, 0.15) is 37.6 Å². The number of benzene rings is 2. The van der Waals surface area contributed by atoms with Crippen molar-refractivity contribution in [1.29, 1.82) is 0 Å². The zero-order chi connectivity index (χ0) is 25.4. The van der Waals surface area contributed by atoms with Crippen LogP contribution in [0.4, 0.5) is 20.6 Å². The minimum Gasteiger partial charge on any atom is -0.368 e. The van der Waals surface area contributed by atoms with E-state index < -0.39 is 11.7 Å². The Balaban J connectivity index is 1.54. The molecule has 0 saturated carbocycles. The summed E-state index contributed by atoms with van der Waals surface area (Å²) in [6.07, 6.45) is 0.647. The van der Waals surface area contributed by atoms with E-state index in [1.807, 2.05) is 49.9 Å². The van der Waals surface area contributed by atoms with Crippen LogP contribution in [0, 0.1) is 5.82 Å². The fraction of sp³-hybridized carbons (Fsp3) is 0.423. The summed E-state index contributed by atoms with van der Waals surface area (Å²) in [6, 6.07) is 13.3. The van der Waals surface area contributed by atoms with Gasteiger partial charge in [-0.2, -0.15) is 0 Å². The molecule has 4 amide bonds. The molecule has 0 aliphatic carbocycles. The van der Waals surface area contributed by atoms with Gasteiger partial charge in [0.15, 0.2) is 0 Å². The van der Waals surface area contributed by atoms with Crippen molar-refractivity contribution in [1.82, 2.24) is 15.1 Å². The van der Waals surface area contributed by atoms with Crippen molar-refractivity contribution in [2.45, 2.75) is 33.2 Å². The van der Waals surface area contributed by atoms with Gasteiger partial charge in [-0.25, -0.2) is 9.18 Å². The van der Waals surface area contributed by atoms with E-state index in [1.165, 1.54) is 23.1 Å². The second-order valence-electron chi connectivity index (χ2n) is 8.88. The van der Waals surface area contributed by atoms with Crippen molar-refractivity contribution < 1.29 is 18.8 Å². The summed E-state index contributed by atoms with van der Waals surface area (Å²) in [6.45, 7) is 8.69. The van der Waals surface area contributed by atoms with E-state index in [4.69, 9.17) is 0 Å². The second-order valence-corrected chi connectivity index (χ2v) is 8.88. The smallest absolute Gasteiger partial charge is 0.317 e. The van der Waals surface area contributed by atoms with E-state index in [0.717, 1.165) is 18.8 Å². The topological polar surface area (TPSA) is 85.0 Å². The van der Waals surface area contributed by atoms with Gasteiger partial charge in [-0.1, -0.05) is 19.1 Å². The highest BCUT2D eigenvalue weighted by molar-refractivity contribution is 5.99. The fourth-order valence-corrected chi connectivity index (χ4v) is 3.96. The van der Waals surface area contributed by atoms with Crippen LogP contribution in [-0.4, -0.2) is 73.0 Å². The Bertz CT molecular complexity index is 1020. The number of hydrogen-bond donors (Lipinski definition) is 2. The maximum atomic E-state index is 14.1. The molecule has 2 aromatic rings. The van der Waals surface area contributed by atoms with Crippen molar-refractivity contribution in [2.75, 3.05) is 49.5 Å². The third-order valence-corrected chi connectivity index (χ3v) is 5.71. The molecule has 35 heavy (non-hydrogen) atoms. The first kappa shape index (κ1) is 26.0. The third kappa shape index (κ3) is 7.18. The van der Waals surface area contributed by atoms with Crippen LogP contribution in [0.5, 0.6) is 0 Å². The van der Waals surface area contributed by atoms with Gasteiger partial charge in [-0.3, -0.25) is 9.59 Å². The monoisotopic (exact) mass is 483 g/mol. The van der Waals surface area contributed by atoms with E-state index in [2.05, 4.69) is 15.5 Å². The number of amides is 4. The minimum atomic E-state index is -0.601. The highest BCUT2D eigenvalue weighted by Crippen LogP contribution is 2.20. The summed E-state index contributed by atoms with van der Waals surface area (Å²) in [5.41, 5.74) is 1.58. The quantitative estimate of drug-likeness (QED) is 0.601. The van der Waals surface area contributed by atoms with Crippen LogP contribution in [-0.2, 0) is 4.79 Å². The van der Waals surface area contributed by atoms with Crippen LogP contribution in [0.2, 0.25) is 0 Å². The predicted octanol–water partition coefficient (Wildman–Crippen LogP) is 3.56. The van der Waals surface area contributed by atoms with E-state index in [9.17, 15) is 18.8 Å². The maximum Gasteiger partial charge on any atom is 0.317 e. The number of carbonyl (C=O) groups excluding carboxylic acids is 3. The van der Waals surface area contributed by atoms with Crippen molar-refractivity contribution in [3.8, 4) is 0 Å². The molecule has 8 nitrogen and oxygen atoms in total. The molecule has 3 rings (SSSR count). The number of urea groups is 1. The lowest BCUT2D eigenvalue weighted by Crippen LogP contribution is -2.52. The van der Waals surface area contributed by atoms with Crippen LogP contribution in [0.25, 0.3) is 0 Å². The first-order chi connectivity index (χ1) is 16.8. The maximum absolute atomic E-state index is 14.1. The van der Waals surface area contributed by atoms with Gasteiger partial charge in [-0.15, -0.1) is 0 Å². The van der Waals surface area contributed by atoms with Gasteiger partial charge in [0.1, 0.15) is 12.4 Å². The van der Waals surface area contributed by atoms with E-state index in [1.54, 1.807) is 6.07 Å². The number of piperazine rings is 1. The van der Waals surface area contributed by atoms with Gasteiger partial charge in [-0.05, 0) is 56.7 Å². The Hall–Kier alpha value is -3.62. The first-order valence-corrected chi connectivity index (χ1v) is 12.0.